The molecule has 21 heavy (non-hydrogen) atoms. The number of hydrogen-bond donors (Lipinski definition) is 2. The van der Waals surface area contributed by atoms with Crippen molar-refractivity contribution in [3.8, 4) is 0 Å². The minimum absolute atomic E-state index is 0.0172. The number of aryl methyl sites for hydroxylation is 1. The third-order valence-corrected chi connectivity index (χ3v) is 3.99. The molecular weight excluding hydrogens is 272 g/mol. The van der Waals surface area contributed by atoms with Crippen LogP contribution in [0.3, 0.4) is 0 Å². The van der Waals surface area contributed by atoms with E-state index in [1.807, 2.05) is 31.2 Å². The molecule has 0 aliphatic rings. The van der Waals surface area contributed by atoms with Gasteiger partial charge < -0.3 is 10.8 Å². The summed E-state index contributed by atoms with van der Waals surface area (Å²) in [5.41, 5.74) is 6.68. The van der Waals surface area contributed by atoms with Gasteiger partial charge in [0.1, 0.15) is 11.6 Å². The van der Waals surface area contributed by atoms with Gasteiger partial charge in [0, 0.05) is 17.5 Å². The molecule has 0 saturated carbocycles. The van der Waals surface area contributed by atoms with E-state index >= 15 is 0 Å². The molecular formula is C17H19F2NO. The van der Waals surface area contributed by atoms with Crippen LogP contribution in [-0.2, 0) is 11.8 Å². The van der Waals surface area contributed by atoms with Gasteiger partial charge in [0.25, 0.3) is 0 Å². The van der Waals surface area contributed by atoms with Crippen LogP contribution < -0.4 is 5.73 Å². The van der Waals surface area contributed by atoms with Crippen LogP contribution in [0.2, 0.25) is 0 Å². The molecule has 0 bridgehead atoms. The second-order valence-electron chi connectivity index (χ2n) is 5.33. The SMILES string of the molecule is Cc1ccccc1C(CN)(CO)Cc1c(F)cccc1F. The van der Waals surface area contributed by atoms with Gasteiger partial charge in [-0.15, -0.1) is 0 Å². The summed E-state index contributed by atoms with van der Waals surface area (Å²) in [6, 6.07) is 11.2. The molecule has 3 N–H and O–H groups in total. The molecule has 2 rings (SSSR count). The van der Waals surface area contributed by atoms with Gasteiger partial charge in [-0.3, -0.25) is 0 Å². The standard InChI is InChI=1S/C17H19F2NO/c1-12-5-2-3-6-14(12)17(10-20,11-21)9-13-15(18)7-4-8-16(13)19/h2-8,21H,9-11,20H2,1H3. The van der Waals surface area contributed by atoms with Crippen molar-refractivity contribution in [3.63, 3.8) is 0 Å². The highest BCUT2D eigenvalue weighted by molar-refractivity contribution is 5.37. The lowest BCUT2D eigenvalue weighted by Crippen LogP contribution is -2.42. The van der Waals surface area contributed by atoms with Crippen molar-refractivity contribution in [3.05, 3.63) is 70.8 Å². The summed E-state index contributed by atoms with van der Waals surface area (Å²) in [6.45, 7) is 1.72. The molecule has 0 saturated heterocycles. The van der Waals surface area contributed by atoms with Gasteiger partial charge >= 0.3 is 0 Å². The fourth-order valence-corrected chi connectivity index (χ4v) is 2.69. The van der Waals surface area contributed by atoms with Crippen molar-refractivity contribution in [1.82, 2.24) is 0 Å². The van der Waals surface area contributed by atoms with Gasteiger partial charge in [0.05, 0.1) is 6.61 Å². The van der Waals surface area contributed by atoms with Crippen molar-refractivity contribution in [2.45, 2.75) is 18.8 Å². The van der Waals surface area contributed by atoms with E-state index in [1.165, 1.54) is 18.2 Å². The predicted molar refractivity (Wildman–Crippen MR) is 79.1 cm³/mol. The molecule has 2 aromatic carbocycles. The van der Waals surface area contributed by atoms with Crippen LogP contribution in [0.4, 0.5) is 8.78 Å². The maximum absolute atomic E-state index is 13.9. The van der Waals surface area contributed by atoms with Crippen LogP contribution in [0.15, 0.2) is 42.5 Å². The van der Waals surface area contributed by atoms with E-state index in [2.05, 4.69) is 0 Å². The molecule has 2 nitrogen and oxygen atoms in total. The minimum atomic E-state index is -0.894. The Morgan fingerprint density at radius 3 is 2.19 bits per heavy atom. The Labute approximate surface area is 123 Å². The van der Waals surface area contributed by atoms with Gasteiger partial charge in [-0.25, -0.2) is 8.78 Å². The molecule has 0 radical (unpaired) electrons. The molecule has 0 aliphatic heterocycles. The largest absolute Gasteiger partial charge is 0.395 e. The minimum Gasteiger partial charge on any atom is -0.395 e. The Morgan fingerprint density at radius 1 is 1.05 bits per heavy atom. The van der Waals surface area contributed by atoms with Crippen LogP contribution in [0.5, 0.6) is 0 Å². The first-order valence-electron chi connectivity index (χ1n) is 6.84. The number of rotatable bonds is 5. The zero-order valence-corrected chi connectivity index (χ0v) is 11.9. The number of hydrogen-bond acceptors (Lipinski definition) is 2. The van der Waals surface area contributed by atoms with E-state index in [4.69, 9.17) is 5.73 Å². The van der Waals surface area contributed by atoms with E-state index < -0.39 is 17.0 Å². The normalized spacial score (nSPS) is 14.0. The smallest absolute Gasteiger partial charge is 0.129 e. The summed E-state index contributed by atoms with van der Waals surface area (Å²) in [4.78, 5) is 0. The molecule has 4 heteroatoms. The highest BCUT2D eigenvalue weighted by Gasteiger charge is 2.33. The molecule has 0 aromatic heterocycles. The Bertz CT molecular complexity index is 604. The van der Waals surface area contributed by atoms with Gasteiger partial charge in [-0.2, -0.15) is 0 Å². The van der Waals surface area contributed by atoms with Crippen LogP contribution >= 0.6 is 0 Å². The molecule has 0 aliphatic carbocycles. The quantitative estimate of drug-likeness (QED) is 0.889. The molecule has 1 unspecified atom stereocenters. The lowest BCUT2D eigenvalue weighted by Gasteiger charge is -2.33. The lowest BCUT2D eigenvalue weighted by molar-refractivity contribution is 0.193. The highest BCUT2D eigenvalue weighted by Crippen LogP contribution is 2.31. The fraction of sp³-hybridized carbons (Fsp3) is 0.294. The summed E-state index contributed by atoms with van der Waals surface area (Å²) >= 11 is 0. The second kappa shape index (κ2) is 6.33. The summed E-state index contributed by atoms with van der Waals surface area (Å²) in [7, 11) is 0. The molecule has 112 valence electrons. The molecule has 0 heterocycles. The van der Waals surface area contributed by atoms with Crippen molar-refractivity contribution in [1.29, 1.82) is 0 Å². The monoisotopic (exact) mass is 291 g/mol. The van der Waals surface area contributed by atoms with Crippen LogP contribution in [0.1, 0.15) is 16.7 Å². The van der Waals surface area contributed by atoms with E-state index in [1.54, 1.807) is 0 Å². The fourth-order valence-electron chi connectivity index (χ4n) is 2.69. The summed E-state index contributed by atoms with van der Waals surface area (Å²) in [6.07, 6.45) is 0.0172. The average Bonchev–Trinajstić information content (AvgIpc) is 2.49. The molecule has 0 spiro atoms. The molecule has 0 amide bonds. The zero-order valence-electron chi connectivity index (χ0n) is 11.9. The Kier molecular flexibility index (Phi) is 4.70. The lowest BCUT2D eigenvalue weighted by atomic mass is 9.74. The van der Waals surface area contributed by atoms with E-state index in [0.717, 1.165) is 11.1 Å². The number of aliphatic hydroxyl groups excluding tert-OH is 1. The number of nitrogens with two attached hydrogens (primary N) is 1. The van der Waals surface area contributed by atoms with Crippen LogP contribution in [0.25, 0.3) is 0 Å². The Morgan fingerprint density at radius 2 is 1.67 bits per heavy atom. The first-order chi connectivity index (χ1) is 10.0. The summed E-state index contributed by atoms with van der Waals surface area (Å²) in [5.74, 6) is -1.23. The zero-order chi connectivity index (χ0) is 15.5. The number of aliphatic hydroxyl groups is 1. The van der Waals surface area contributed by atoms with Gasteiger partial charge in [0.15, 0.2) is 0 Å². The summed E-state index contributed by atoms with van der Waals surface area (Å²) in [5, 5.41) is 9.87. The first kappa shape index (κ1) is 15.6. The van der Waals surface area contributed by atoms with Gasteiger partial charge in [0.2, 0.25) is 0 Å². The topological polar surface area (TPSA) is 46.2 Å². The van der Waals surface area contributed by atoms with Crippen molar-refractivity contribution in [2.24, 2.45) is 5.73 Å². The Hall–Kier alpha value is -1.78. The number of benzene rings is 2. The average molecular weight is 291 g/mol. The first-order valence-corrected chi connectivity index (χ1v) is 6.84. The highest BCUT2D eigenvalue weighted by atomic mass is 19.1. The van der Waals surface area contributed by atoms with Crippen LogP contribution in [0, 0.1) is 18.6 Å². The molecule has 0 fully saturated rings. The maximum atomic E-state index is 13.9. The third kappa shape index (κ3) is 2.96. The van der Waals surface area contributed by atoms with Crippen molar-refractivity contribution < 1.29 is 13.9 Å². The van der Waals surface area contributed by atoms with E-state index in [-0.39, 0.29) is 25.1 Å². The van der Waals surface area contributed by atoms with Gasteiger partial charge in [-0.05, 0) is 36.6 Å². The van der Waals surface area contributed by atoms with Crippen molar-refractivity contribution in [2.75, 3.05) is 13.2 Å². The molecule has 2 aromatic rings. The van der Waals surface area contributed by atoms with Crippen molar-refractivity contribution >= 4 is 0 Å². The Balaban J connectivity index is 2.51. The third-order valence-electron chi connectivity index (χ3n) is 3.99. The molecule has 1 atom stereocenters. The van der Waals surface area contributed by atoms with Gasteiger partial charge in [-0.1, -0.05) is 30.3 Å². The predicted octanol–water partition coefficient (Wildman–Crippen LogP) is 2.70. The van der Waals surface area contributed by atoms with E-state index in [0.29, 0.717) is 0 Å². The van der Waals surface area contributed by atoms with Crippen LogP contribution in [-0.4, -0.2) is 18.3 Å². The second-order valence-corrected chi connectivity index (χ2v) is 5.33. The number of halogens is 2. The van der Waals surface area contributed by atoms with E-state index in [9.17, 15) is 13.9 Å². The summed E-state index contributed by atoms with van der Waals surface area (Å²) < 4.78 is 27.8. The maximum Gasteiger partial charge on any atom is 0.129 e.